The van der Waals surface area contributed by atoms with E-state index >= 15 is 0 Å². The predicted molar refractivity (Wildman–Crippen MR) is 104 cm³/mol. The molecule has 1 aromatic heterocycles. The van der Waals surface area contributed by atoms with Crippen molar-refractivity contribution in [1.29, 1.82) is 0 Å². The van der Waals surface area contributed by atoms with Crippen LogP contribution in [0.3, 0.4) is 0 Å². The number of aromatic nitrogens is 1. The Morgan fingerprint density at radius 2 is 1.96 bits per heavy atom. The first-order valence-corrected chi connectivity index (χ1v) is 10.2. The number of halogens is 1. The summed E-state index contributed by atoms with van der Waals surface area (Å²) in [6.07, 6.45) is 6.26. The topological polar surface area (TPSA) is 43.1 Å². The Morgan fingerprint density at radius 3 is 2.65 bits per heavy atom. The molecule has 0 N–H and O–H groups in total. The van der Waals surface area contributed by atoms with Crippen molar-refractivity contribution in [3.8, 4) is 0 Å². The predicted octanol–water partition coefficient (Wildman–Crippen LogP) is 5.75. The number of thioether (sulfide) groups is 1. The molecule has 4 rings (SSSR count). The van der Waals surface area contributed by atoms with Crippen LogP contribution in [0.2, 0.25) is 5.02 Å². The third-order valence-corrected chi connectivity index (χ3v) is 5.99. The van der Waals surface area contributed by atoms with Crippen LogP contribution in [-0.2, 0) is 6.42 Å². The van der Waals surface area contributed by atoms with Gasteiger partial charge in [-0.3, -0.25) is 4.79 Å². The van der Waals surface area contributed by atoms with Crippen molar-refractivity contribution in [1.82, 2.24) is 5.16 Å². The summed E-state index contributed by atoms with van der Waals surface area (Å²) in [5.41, 5.74) is 4.15. The van der Waals surface area contributed by atoms with E-state index in [4.69, 9.17) is 16.1 Å². The van der Waals surface area contributed by atoms with E-state index in [0.29, 0.717) is 28.5 Å². The average molecular weight is 384 g/mol. The Morgan fingerprint density at radius 1 is 1.19 bits per heavy atom. The molecule has 1 aliphatic carbocycles. The number of rotatable bonds is 6. The Kier molecular flexibility index (Phi) is 4.88. The molecule has 0 bridgehead atoms. The van der Waals surface area contributed by atoms with Gasteiger partial charge in [-0.1, -0.05) is 47.1 Å². The van der Waals surface area contributed by atoms with Gasteiger partial charge in [-0.2, -0.15) is 0 Å². The van der Waals surface area contributed by atoms with Crippen molar-refractivity contribution in [2.45, 2.75) is 30.1 Å². The first kappa shape index (κ1) is 17.4. The maximum Gasteiger partial charge on any atom is 0.198 e. The molecule has 0 amide bonds. The SMILES string of the molecule is CSc1c(Cl)ccc(C(=O)c2conc2C2CC2)c1Cc1ccccc1. The maximum atomic E-state index is 13.3. The normalized spacial score (nSPS) is 13.8. The highest BCUT2D eigenvalue weighted by atomic mass is 35.5. The van der Waals surface area contributed by atoms with E-state index < -0.39 is 0 Å². The van der Waals surface area contributed by atoms with Gasteiger partial charge in [0.1, 0.15) is 6.26 Å². The minimum Gasteiger partial charge on any atom is -0.364 e. The van der Waals surface area contributed by atoms with Crippen molar-refractivity contribution in [3.63, 3.8) is 0 Å². The first-order valence-electron chi connectivity index (χ1n) is 8.57. The average Bonchev–Trinajstić information content (AvgIpc) is 3.39. The fourth-order valence-corrected chi connectivity index (χ4v) is 4.32. The van der Waals surface area contributed by atoms with Crippen LogP contribution in [0.5, 0.6) is 0 Å². The van der Waals surface area contributed by atoms with Crippen LogP contribution >= 0.6 is 23.4 Å². The molecule has 5 heteroatoms. The van der Waals surface area contributed by atoms with Gasteiger partial charge in [-0.25, -0.2) is 0 Å². The van der Waals surface area contributed by atoms with Gasteiger partial charge in [0.25, 0.3) is 0 Å². The Hall–Kier alpha value is -2.04. The van der Waals surface area contributed by atoms with Crippen LogP contribution in [0.1, 0.15) is 51.5 Å². The highest BCUT2D eigenvalue weighted by Crippen LogP contribution is 2.42. The van der Waals surface area contributed by atoms with Crippen LogP contribution in [-0.4, -0.2) is 17.2 Å². The number of carbonyl (C=O) groups is 1. The molecule has 0 atom stereocenters. The van der Waals surface area contributed by atoms with E-state index in [-0.39, 0.29) is 5.78 Å². The smallest absolute Gasteiger partial charge is 0.198 e. The maximum absolute atomic E-state index is 13.3. The summed E-state index contributed by atoms with van der Waals surface area (Å²) in [5, 5.41) is 4.75. The number of ketones is 1. The van der Waals surface area contributed by atoms with Crippen molar-refractivity contribution in [3.05, 3.63) is 81.7 Å². The highest BCUT2D eigenvalue weighted by molar-refractivity contribution is 7.98. The number of nitrogens with zero attached hydrogens (tertiary/aromatic N) is 1. The zero-order chi connectivity index (χ0) is 18.1. The molecule has 1 aliphatic rings. The lowest BCUT2D eigenvalue weighted by atomic mass is 9.93. The van der Waals surface area contributed by atoms with Crippen molar-refractivity contribution in [2.75, 3.05) is 6.26 Å². The van der Waals surface area contributed by atoms with Gasteiger partial charge in [0, 0.05) is 16.4 Å². The second-order valence-corrected chi connectivity index (χ2v) is 7.71. The summed E-state index contributed by atoms with van der Waals surface area (Å²) < 4.78 is 5.13. The minimum absolute atomic E-state index is 0.0361. The van der Waals surface area contributed by atoms with Crippen molar-refractivity contribution in [2.24, 2.45) is 0 Å². The summed E-state index contributed by atoms with van der Waals surface area (Å²) in [5.74, 6) is 0.323. The molecule has 0 radical (unpaired) electrons. The summed E-state index contributed by atoms with van der Waals surface area (Å²) >= 11 is 8.00. The van der Waals surface area contributed by atoms with Crippen LogP contribution in [0.25, 0.3) is 0 Å². The molecular weight excluding hydrogens is 366 g/mol. The van der Waals surface area contributed by atoms with Crippen LogP contribution in [0.15, 0.2) is 58.1 Å². The molecule has 132 valence electrons. The van der Waals surface area contributed by atoms with E-state index in [0.717, 1.165) is 34.6 Å². The minimum atomic E-state index is -0.0361. The van der Waals surface area contributed by atoms with E-state index in [1.165, 1.54) is 6.26 Å². The van der Waals surface area contributed by atoms with E-state index in [9.17, 15) is 4.79 Å². The molecule has 2 aromatic carbocycles. The lowest BCUT2D eigenvalue weighted by Crippen LogP contribution is -2.09. The van der Waals surface area contributed by atoms with Gasteiger partial charge in [-0.15, -0.1) is 11.8 Å². The molecule has 0 unspecified atom stereocenters. The summed E-state index contributed by atoms with van der Waals surface area (Å²) in [6.45, 7) is 0. The quantitative estimate of drug-likeness (QED) is 0.401. The van der Waals surface area contributed by atoms with Crippen LogP contribution in [0.4, 0.5) is 0 Å². The molecule has 1 heterocycles. The number of carbonyl (C=O) groups excluding carboxylic acids is 1. The third-order valence-electron chi connectivity index (χ3n) is 4.69. The molecule has 0 saturated heterocycles. The fraction of sp³-hybridized carbons (Fsp3) is 0.238. The van der Waals surface area contributed by atoms with Gasteiger partial charge in [0.05, 0.1) is 16.3 Å². The standard InChI is InChI=1S/C21H18ClNO2S/c1-26-21-16(11-13-5-3-2-4-6-13)15(9-10-18(21)22)20(24)17-12-25-23-19(17)14-7-8-14/h2-6,9-10,12,14H,7-8,11H2,1H3. The molecule has 3 aromatic rings. The largest absolute Gasteiger partial charge is 0.364 e. The number of hydrogen-bond donors (Lipinski definition) is 0. The molecular formula is C21H18ClNO2S. The lowest BCUT2D eigenvalue weighted by molar-refractivity contribution is 0.103. The number of hydrogen-bond acceptors (Lipinski definition) is 4. The Labute approximate surface area is 161 Å². The number of benzene rings is 2. The van der Waals surface area contributed by atoms with Gasteiger partial charge in [0.15, 0.2) is 5.78 Å². The fourth-order valence-electron chi connectivity index (χ4n) is 3.22. The van der Waals surface area contributed by atoms with Gasteiger partial charge >= 0.3 is 0 Å². The van der Waals surface area contributed by atoms with E-state index in [2.05, 4.69) is 17.3 Å². The Bertz CT molecular complexity index is 948. The van der Waals surface area contributed by atoms with Crippen molar-refractivity contribution >= 4 is 29.1 Å². The van der Waals surface area contributed by atoms with E-state index in [1.54, 1.807) is 17.8 Å². The summed E-state index contributed by atoms with van der Waals surface area (Å²) in [6, 6.07) is 13.8. The van der Waals surface area contributed by atoms with Gasteiger partial charge in [0.2, 0.25) is 0 Å². The lowest BCUT2D eigenvalue weighted by Gasteiger charge is -2.15. The van der Waals surface area contributed by atoms with Crippen LogP contribution < -0.4 is 0 Å². The monoisotopic (exact) mass is 383 g/mol. The molecule has 1 fully saturated rings. The zero-order valence-corrected chi connectivity index (χ0v) is 15.9. The third kappa shape index (κ3) is 3.31. The molecule has 1 saturated carbocycles. The molecule has 26 heavy (non-hydrogen) atoms. The first-order chi connectivity index (χ1) is 12.7. The summed E-state index contributed by atoms with van der Waals surface area (Å²) in [4.78, 5) is 14.2. The highest BCUT2D eigenvalue weighted by Gasteiger charge is 2.32. The molecule has 0 aliphatic heterocycles. The molecule has 0 spiro atoms. The zero-order valence-electron chi connectivity index (χ0n) is 14.4. The molecule has 3 nitrogen and oxygen atoms in total. The van der Waals surface area contributed by atoms with Gasteiger partial charge < -0.3 is 4.52 Å². The van der Waals surface area contributed by atoms with Crippen molar-refractivity contribution < 1.29 is 9.32 Å². The van der Waals surface area contributed by atoms with E-state index in [1.807, 2.05) is 30.5 Å². The second-order valence-electron chi connectivity index (χ2n) is 6.49. The van der Waals surface area contributed by atoms with Gasteiger partial charge in [-0.05, 0) is 48.8 Å². The summed E-state index contributed by atoms with van der Waals surface area (Å²) in [7, 11) is 0. The second kappa shape index (κ2) is 7.29. The van der Waals surface area contributed by atoms with Crippen LogP contribution in [0, 0.1) is 0 Å². The Balaban J connectivity index is 1.80.